The summed E-state index contributed by atoms with van der Waals surface area (Å²) >= 11 is 3.42. The summed E-state index contributed by atoms with van der Waals surface area (Å²) in [7, 11) is 0. The monoisotopic (exact) mass is 345 g/mol. The zero-order chi connectivity index (χ0) is 14.9. The molecule has 108 valence electrons. The number of carboxylic acid groups (broad SMARTS) is 1. The predicted octanol–water partition coefficient (Wildman–Crippen LogP) is 3.87. The van der Waals surface area contributed by atoms with Crippen LogP contribution in [0.1, 0.15) is 17.5 Å². The summed E-state index contributed by atoms with van der Waals surface area (Å²) < 4.78 is 0.934. The van der Waals surface area contributed by atoms with Crippen LogP contribution < -0.4 is 5.32 Å². The molecule has 0 amide bonds. The van der Waals surface area contributed by atoms with Gasteiger partial charge in [0.1, 0.15) is 5.54 Å². The lowest BCUT2D eigenvalue weighted by molar-refractivity contribution is -0.142. The molecular formula is C17H16BrNO2. The molecule has 0 saturated heterocycles. The average Bonchev–Trinajstić information content (AvgIpc) is 2.47. The van der Waals surface area contributed by atoms with E-state index in [1.165, 1.54) is 5.56 Å². The first-order chi connectivity index (χ1) is 10.1. The Labute approximate surface area is 132 Å². The lowest BCUT2D eigenvalue weighted by atomic mass is 9.77. The second-order valence-corrected chi connectivity index (χ2v) is 6.38. The molecule has 0 aromatic heterocycles. The van der Waals surface area contributed by atoms with Crippen LogP contribution in [0, 0.1) is 0 Å². The van der Waals surface area contributed by atoms with Gasteiger partial charge < -0.3 is 10.4 Å². The third-order valence-corrected chi connectivity index (χ3v) is 4.54. The molecule has 1 aliphatic rings. The number of halogens is 1. The Morgan fingerprint density at radius 3 is 2.62 bits per heavy atom. The van der Waals surface area contributed by atoms with Gasteiger partial charge in [0, 0.05) is 16.6 Å². The Kier molecular flexibility index (Phi) is 3.72. The summed E-state index contributed by atoms with van der Waals surface area (Å²) in [4.78, 5) is 11.9. The molecule has 4 heteroatoms. The highest BCUT2D eigenvalue weighted by atomic mass is 79.9. The van der Waals surface area contributed by atoms with Crippen molar-refractivity contribution in [1.29, 1.82) is 0 Å². The van der Waals surface area contributed by atoms with Gasteiger partial charge in [-0.3, -0.25) is 0 Å². The number of anilines is 1. The van der Waals surface area contributed by atoms with Crippen molar-refractivity contribution in [3.05, 3.63) is 64.1 Å². The van der Waals surface area contributed by atoms with Crippen molar-refractivity contribution in [2.24, 2.45) is 0 Å². The summed E-state index contributed by atoms with van der Waals surface area (Å²) in [5.74, 6) is -0.794. The minimum atomic E-state index is -0.935. The molecular weight excluding hydrogens is 330 g/mol. The van der Waals surface area contributed by atoms with Gasteiger partial charge >= 0.3 is 5.97 Å². The van der Waals surface area contributed by atoms with Crippen molar-refractivity contribution in [3.8, 4) is 0 Å². The van der Waals surface area contributed by atoms with Crippen molar-refractivity contribution in [3.63, 3.8) is 0 Å². The van der Waals surface area contributed by atoms with Gasteiger partial charge in [0.2, 0.25) is 0 Å². The number of aryl methyl sites for hydroxylation is 1. The van der Waals surface area contributed by atoms with Crippen molar-refractivity contribution in [2.45, 2.75) is 24.8 Å². The summed E-state index contributed by atoms with van der Waals surface area (Å²) in [5, 5.41) is 13.0. The first-order valence-corrected chi connectivity index (χ1v) is 7.72. The Morgan fingerprint density at radius 1 is 1.14 bits per heavy atom. The zero-order valence-electron chi connectivity index (χ0n) is 11.5. The lowest BCUT2D eigenvalue weighted by Gasteiger charge is -2.36. The number of hydrogen-bond acceptors (Lipinski definition) is 2. The smallest absolute Gasteiger partial charge is 0.329 e. The summed E-state index contributed by atoms with van der Waals surface area (Å²) in [6, 6.07) is 15.7. The minimum Gasteiger partial charge on any atom is -0.479 e. The molecule has 1 atom stereocenters. The maximum atomic E-state index is 11.9. The van der Waals surface area contributed by atoms with Crippen LogP contribution in [0.25, 0.3) is 0 Å². The first kappa shape index (κ1) is 14.1. The topological polar surface area (TPSA) is 49.3 Å². The van der Waals surface area contributed by atoms with Crippen LogP contribution in [-0.4, -0.2) is 16.6 Å². The van der Waals surface area contributed by atoms with Crippen LogP contribution in [0.5, 0.6) is 0 Å². The summed E-state index contributed by atoms with van der Waals surface area (Å²) in [6.45, 7) is 0. The van der Waals surface area contributed by atoms with Crippen LogP contribution >= 0.6 is 15.9 Å². The molecule has 3 nitrogen and oxygen atoms in total. The zero-order valence-corrected chi connectivity index (χ0v) is 13.1. The van der Waals surface area contributed by atoms with Crippen molar-refractivity contribution in [2.75, 3.05) is 5.32 Å². The quantitative estimate of drug-likeness (QED) is 0.887. The molecule has 21 heavy (non-hydrogen) atoms. The number of aliphatic carboxylic acids is 1. The van der Waals surface area contributed by atoms with Crippen LogP contribution in [0.15, 0.2) is 53.0 Å². The molecule has 0 spiro atoms. The molecule has 0 radical (unpaired) electrons. The van der Waals surface area contributed by atoms with Crippen LogP contribution in [0.3, 0.4) is 0 Å². The maximum Gasteiger partial charge on any atom is 0.329 e. The van der Waals surface area contributed by atoms with E-state index >= 15 is 0 Å². The molecule has 0 aliphatic heterocycles. The molecule has 0 saturated carbocycles. The number of hydrogen-bond donors (Lipinski definition) is 2. The molecule has 2 N–H and O–H groups in total. The highest BCUT2D eigenvalue weighted by Gasteiger charge is 2.41. The Balaban J connectivity index is 1.93. The number of fused-ring (bicyclic) bond motifs is 1. The van der Waals surface area contributed by atoms with Crippen LogP contribution in [-0.2, 0) is 17.6 Å². The van der Waals surface area contributed by atoms with Gasteiger partial charge in [-0.2, -0.15) is 0 Å². The molecule has 1 unspecified atom stereocenters. The van der Waals surface area contributed by atoms with E-state index in [0.717, 1.165) is 22.1 Å². The number of carboxylic acids is 1. The fourth-order valence-corrected chi connectivity index (χ4v) is 3.32. The summed E-state index contributed by atoms with van der Waals surface area (Å²) in [5.41, 5.74) is 2.26. The molecule has 1 aliphatic carbocycles. The highest BCUT2D eigenvalue weighted by molar-refractivity contribution is 9.10. The molecule has 0 fully saturated rings. The van der Waals surface area contributed by atoms with Crippen molar-refractivity contribution >= 4 is 27.6 Å². The Morgan fingerprint density at radius 2 is 1.90 bits per heavy atom. The molecule has 0 heterocycles. The summed E-state index contributed by atoms with van der Waals surface area (Å²) in [6.07, 6.45) is 1.88. The lowest BCUT2D eigenvalue weighted by Crippen LogP contribution is -2.50. The van der Waals surface area contributed by atoms with E-state index in [9.17, 15) is 9.90 Å². The molecule has 2 aromatic rings. The van der Waals surface area contributed by atoms with Gasteiger partial charge in [-0.05, 0) is 42.2 Å². The SMILES string of the molecule is O=C(O)C1(Nc2cccc(Br)c2)CCc2ccccc2C1. The minimum absolute atomic E-state index is 0.505. The largest absolute Gasteiger partial charge is 0.479 e. The van der Waals surface area contributed by atoms with E-state index in [4.69, 9.17) is 0 Å². The second-order valence-electron chi connectivity index (χ2n) is 5.47. The van der Waals surface area contributed by atoms with Crippen LogP contribution in [0.4, 0.5) is 5.69 Å². The van der Waals surface area contributed by atoms with E-state index in [-0.39, 0.29) is 0 Å². The van der Waals surface area contributed by atoms with Crippen LogP contribution in [0.2, 0.25) is 0 Å². The van der Waals surface area contributed by atoms with Gasteiger partial charge in [0.25, 0.3) is 0 Å². The maximum absolute atomic E-state index is 11.9. The standard InChI is InChI=1S/C17H16BrNO2/c18-14-6-3-7-15(10-14)19-17(16(20)21)9-8-12-4-1-2-5-13(12)11-17/h1-7,10,19H,8-9,11H2,(H,20,21). The Hall–Kier alpha value is -1.81. The number of benzene rings is 2. The second kappa shape index (κ2) is 5.53. The normalized spacial score (nSPS) is 20.6. The van der Waals surface area contributed by atoms with E-state index < -0.39 is 11.5 Å². The van der Waals surface area contributed by atoms with Gasteiger partial charge in [-0.15, -0.1) is 0 Å². The molecule has 2 aromatic carbocycles. The fourth-order valence-electron chi connectivity index (χ4n) is 2.92. The van der Waals surface area contributed by atoms with E-state index in [0.29, 0.717) is 12.8 Å². The number of nitrogens with one attached hydrogen (secondary N) is 1. The van der Waals surface area contributed by atoms with Gasteiger partial charge in [0.15, 0.2) is 0 Å². The third kappa shape index (κ3) is 2.81. The van der Waals surface area contributed by atoms with Crippen molar-refractivity contribution < 1.29 is 9.90 Å². The van der Waals surface area contributed by atoms with Crippen molar-refractivity contribution in [1.82, 2.24) is 0 Å². The Bertz CT molecular complexity index is 686. The molecule has 0 bridgehead atoms. The van der Waals surface area contributed by atoms with E-state index in [2.05, 4.69) is 27.3 Å². The van der Waals surface area contributed by atoms with E-state index in [1.807, 2.05) is 42.5 Å². The van der Waals surface area contributed by atoms with Gasteiger partial charge in [-0.25, -0.2) is 4.79 Å². The number of rotatable bonds is 3. The number of carbonyl (C=O) groups is 1. The predicted molar refractivity (Wildman–Crippen MR) is 86.6 cm³/mol. The van der Waals surface area contributed by atoms with E-state index in [1.54, 1.807) is 0 Å². The average molecular weight is 346 g/mol. The van der Waals surface area contributed by atoms with Gasteiger partial charge in [-0.1, -0.05) is 46.3 Å². The fraction of sp³-hybridized carbons (Fsp3) is 0.235. The first-order valence-electron chi connectivity index (χ1n) is 6.93. The molecule has 3 rings (SSSR count). The third-order valence-electron chi connectivity index (χ3n) is 4.05. The highest BCUT2D eigenvalue weighted by Crippen LogP contribution is 2.32. The van der Waals surface area contributed by atoms with Gasteiger partial charge in [0.05, 0.1) is 0 Å².